The molecule has 5 heteroatoms. The molecule has 1 aromatic heterocycles. The van der Waals surface area contributed by atoms with Gasteiger partial charge in [0.1, 0.15) is 5.00 Å². The minimum atomic E-state index is 0.0891. The van der Waals surface area contributed by atoms with Crippen molar-refractivity contribution in [2.75, 3.05) is 23.9 Å². The van der Waals surface area contributed by atoms with Crippen LogP contribution in [0, 0.1) is 12.8 Å². The topological polar surface area (TPSA) is 42.0 Å². The number of ketones is 1. The van der Waals surface area contributed by atoms with Crippen molar-refractivity contribution in [1.82, 2.24) is 4.37 Å². The zero-order valence-electron chi connectivity index (χ0n) is 10.2. The third kappa shape index (κ3) is 3.49. The van der Waals surface area contributed by atoms with Crippen molar-refractivity contribution in [2.24, 2.45) is 5.92 Å². The fourth-order valence-electron chi connectivity index (χ4n) is 1.52. The number of aromatic nitrogens is 1. The van der Waals surface area contributed by atoms with Crippen LogP contribution >= 0.6 is 23.3 Å². The Labute approximate surface area is 105 Å². The lowest BCUT2D eigenvalue weighted by Gasteiger charge is -2.11. The first-order chi connectivity index (χ1) is 7.56. The molecule has 0 aliphatic heterocycles. The van der Waals surface area contributed by atoms with Crippen LogP contribution in [-0.2, 0) is 0 Å². The molecule has 1 rings (SSSR count). The van der Waals surface area contributed by atoms with Gasteiger partial charge in [-0.2, -0.15) is 16.1 Å². The van der Waals surface area contributed by atoms with E-state index >= 15 is 0 Å². The van der Waals surface area contributed by atoms with E-state index in [2.05, 4.69) is 22.9 Å². The monoisotopic (exact) mass is 258 g/mol. The Morgan fingerprint density at radius 3 is 2.88 bits per heavy atom. The SMILES string of the molecule is CSCC(C)CNc1snc(C)c1C(C)=O. The largest absolute Gasteiger partial charge is 0.375 e. The van der Waals surface area contributed by atoms with E-state index in [4.69, 9.17) is 0 Å². The highest BCUT2D eigenvalue weighted by Gasteiger charge is 2.14. The van der Waals surface area contributed by atoms with Gasteiger partial charge in [0.15, 0.2) is 5.78 Å². The average Bonchev–Trinajstić information content (AvgIpc) is 2.57. The van der Waals surface area contributed by atoms with Gasteiger partial charge in [-0.1, -0.05) is 6.92 Å². The lowest BCUT2D eigenvalue weighted by Crippen LogP contribution is -2.14. The van der Waals surface area contributed by atoms with Gasteiger partial charge in [-0.3, -0.25) is 4.79 Å². The zero-order valence-corrected chi connectivity index (χ0v) is 11.8. The molecule has 1 N–H and O–H groups in total. The summed E-state index contributed by atoms with van der Waals surface area (Å²) in [6, 6.07) is 0. The molecule has 0 aliphatic carbocycles. The summed E-state index contributed by atoms with van der Waals surface area (Å²) in [5, 5.41) is 4.24. The molecule has 0 bridgehead atoms. The molecule has 0 saturated heterocycles. The van der Waals surface area contributed by atoms with Gasteiger partial charge in [-0.05, 0) is 43.3 Å². The lowest BCUT2D eigenvalue weighted by atomic mass is 10.1. The third-order valence-corrected chi connectivity index (χ3v) is 4.08. The minimum absolute atomic E-state index is 0.0891. The zero-order chi connectivity index (χ0) is 12.1. The smallest absolute Gasteiger partial charge is 0.164 e. The molecule has 0 saturated carbocycles. The molecule has 0 aliphatic rings. The Morgan fingerprint density at radius 2 is 2.31 bits per heavy atom. The Kier molecular flexibility index (Phi) is 5.28. The van der Waals surface area contributed by atoms with Crippen molar-refractivity contribution in [3.05, 3.63) is 11.3 Å². The summed E-state index contributed by atoms with van der Waals surface area (Å²) >= 11 is 3.22. The predicted octanol–water partition coefficient (Wildman–Crippen LogP) is 3.07. The summed E-state index contributed by atoms with van der Waals surface area (Å²) < 4.78 is 4.21. The maximum Gasteiger partial charge on any atom is 0.164 e. The predicted molar refractivity (Wildman–Crippen MR) is 72.9 cm³/mol. The van der Waals surface area contributed by atoms with E-state index in [0.29, 0.717) is 5.92 Å². The Morgan fingerprint density at radius 1 is 1.62 bits per heavy atom. The van der Waals surface area contributed by atoms with Crippen molar-refractivity contribution in [1.29, 1.82) is 0 Å². The molecule has 0 radical (unpaired) electrons. The maximum absolute atomic E-state index is 11.4. The van der Waals surface area contributed by atoms with Gasteiger partial charge < -0.3 is 5.32 Å². The maximum atomic E-state index is 11.4. The van der Waals surface area contributed by atoms with E-state index in [1.807, 2.05) is 18.7 Å². The number of nitrogens with zero attached hydrogens (tertiary/aromatic N) is 1. The first-order valence-electron chi connectivity index (χ1n) is 5.26. The van der Waals surface area contributed by atoms with Crippen LogP contribution in [0.25, 0.3) is 0 Å². The average molecular weight is 258 g/mol. The van der Waals surface area contributed by atoms with E-state index in [1.165, 1.54) is 11.5 Å². The molecule has 1 aromatic rings. The second kappa shape index (κ2) is 6.25. The van der Waals surface area contributed by atoms with Crippen molar-refractivity contribution in [2.45, 2.75) is 20.8 Å². The molecule has 1 atom stereocenters. The van der Waals surface area contributed by atoms with Crippen LogP contribution in [0.15, 0.2) is 0 Å². The Bertz CT molecular complexity index is 363. The molecule has 1 heterocycles. The fraction of sp³-hybridized carbons (Fsp3) is 0.636. The first kappa shape index (κ1) is 13.5. The number of hydrogen-bond donors (Lipinski definition) is 1. The van der Waals surface area contributed by atoms with Crippen molar-refractivity contribution in [3.8, 4) is 0 Å². The summed E-state index contributed by atoms with van der Waals surface area (Å²) in [4.78, 5) is 11.4. The van der Waals surface area contributed by atoms with E-state index in [0.717, 1.165) is 28.6 Å². The lowest BCUT2D eigenvalue weighted by molar-refractivity contribution is 0.101. The summed E-state index contributed by atoms with van der Waals surface area (Å²) in [7, 11) is 0. The van der Waals surface area contributed by atoms with Gasteiger partial charge >= 0.3 is 0 Å². The standard InChI is InChI=1S/C11H18N2OS2/c1-7(6-15-4)5-12-11-10(9(3)14)8(2)13-16-11/h7,12H,5-6H2,1-4H3. The number of thioether (sulfide) groups is 1. The minimum Gasteiger partial charge on any atom is -0.375 e. The fourth-order valence-corrected chi connectivity index (χ4v) is 3.05. The second-order valence-electron chi connectivity index (χ2n) is 3.97. The Hall–Kier alpha value is -0.550. The number of rotatable bonds is 6. The van der Waals surface area contributed by atoms with Gasteiger partial charge in [-0.15, -0.1) is 0 Å². The number of anilines is 1. The van der Waals surface area contributed by atoms with Crippen molar-refractivity contribution < 1.29 is 4.79 Å². The number of carbonyl (C=O) groups excluding carboxylic acids is 1. The molecule has 1 unspecified atom stereocenters. The first-order valence-corrected chi connectivity index (χ1v) is 7.43. The van der Waals surface area contributed by atoms with E-state index in [9.17, 15) is 4.79 Å². The van der Waals surface area contributed by atoms with Crippen molar-refractivity contribution >= 4 is 34.1 Å². The third-order valence-electron chi connectivity index (χ3n) is 2.28. The summed E-state index contributed by atoms with van der Waals surface area (Å²) in [5.74, 6) is 1.81. The molecule has 0 spiro atoms. The quantitative estimate of drug-likeness (QED) is 0.796. The summed E-state index contributed by atoms with van der Waals surface area (Å²) in [6.45, 7) is 6.56. The van der Waals surface area contributed by atoms with Gasteiger partial charge in [-0.25, -0.2) is 0 Å². The van der Waals surface area contributed by atoms with Crippen LogP contribution < -0.4 is 5.32 Å². The van der Waals surface area contributed by atoms with Crippen LogP contribution in [0.3, 0.4) is 0 Å². The van der Waals surface area contributed by atoms with E-state index < -0.39 is 0 Å². The van der Waals surface area contributed by atoms with Crippen molar-refractivity contribution in [3.63, 3.8) is 0 Å². The Balaban J connectivity index is 2.64. The highest BCUT2D eigenvalue weighted by molar-refractivity contribution is 7.98. The van der Waals surface area contributed by atoms with Crippen LogP contribution in [0.5, 0.6) is 0 Å². The normalized spacial score (nSPS) is 12.5. The van der Waals surface area contributed by atoms with Gasteiger partial charge in [0.25, 0.3) is 0 Å². The second-order valence-corrected chi connectivity index (χ2v) is 5.65. The molecular weight excluding hydrogens is 240 g/mol. The van der Waals surface area contributed by atoms with Crippen LogP contribution in [-0.4, -0.2) is 28.7 Å². The van der Waals surface area contributed by atoms with E-state index in [1.54, 1.807) is 6.92 Å². The molecule has 0 fully saturated rings. The van der Waals surface area contributed by atoms with E-state index in [-0.39, 0.29) is 5.78 Å². The number of hydrogen-bond acceptors (Lipinski definition) is 5. The van der Waals surface area contributed by atoms with Crippen LogP contribution in [0.2, 0.25) is 0 Å². The van der Waals surface area contributed by atoms with Crippen LogP contribution in [0.4, 0.5) is 5.00 Å². The summed E-state index contributed by atoms with van der Waals surface area (Å²) in [5.41, 5.74) is 1.58. The van der Waals surface area contributed by atoms with Gasteiger partial charge in [0.05, 0.1) is 11.3 Å². The molecule has 16 heavy (non-hydrogen) atoms. The molecular formula is C11H18N2OS2. The highest BCUT2D eigenvalue weighted by Crippen LogP contribution is 2.25. The number of nitrogens with one attached hydrogen (secondary N) is 1. The number of carbonyl (C=O) groups is 1. The van der Waals surface area contributed by atoms with Crippen LogP contribution in [0.1, 0.15) is 29.9 Å². The highest BCUT2D eigenvalue weighted by atomic mass is 32.2. The van der Waals surface area contributed by atoms with Gasteiger partial charge in [0, 0.05) is 6.54 Å². The number of aryl methyl sites for hydroxylation is 1. The molecule has 3 nitrogen and oxygen atoms in total. The van der Waals surface area contributed by atoms with Gasteiger partial charge in [0.2, 0.25) is 0 Å². The molecule has 0 amide bonds. The molecule has 0 aromatic carbocycles. The summed E-state index contributed by atoms with van der Waals surface area (Å²) in [6.07, 6.45) is 2.11. The number of Topliss-reactive ketones (excluding diaryl/α,β-unsaturated/α-hetero) is 1. The molecule has 90 valence electrons.